The molecular weight excluding hydrogens is 474 g/mol. The van der Waals surface area contributed by atoms with Crippen molar-refractivity contribution in [1.29, 1.82) is 0 Å². The molecule has 38 heavy (non-hydrogen) atoms. The average Bonchev–Trinajstić information content (AvgIpc) is 3.20. The molecule has 196 valence electrons. The van der Waals surface area contributed by atoms with Gasteiger partial charge in [-0.05, 0) is 102 Å². The molecule has 5 fully saturated rings. The summed E-state index contributed by atoms with van der Waals surface area (Å²) in [6, 6.07) is 14.3. The highest BCUT2D eigenvalue weighted by molar-refractivity contribution is 6.05. The summed E-state index contributed by atoms with van der Waals surface area (Å²) < 4.78 is 0. The normalized spacial score (nSPS) is 35.7. The Morgan fingerprint density at radius 1 is 0.921 bits per heavy atom. The number of aryl methyl sites for hydroxylation is 2. The monoisotopic (exact) mass is 509 g/mol. The highest BCUT2D eigenvalue weighted by Crippen LogP contribution is 2.92. The van der Waals surface area contributed by atoms with Crippen molar-refractivity contribution < 1.29 is 14.4 Å². The minimum Gasteiger partial charge on any atom is -0.322 e. The number of hydrogen-bond acceptors (Lipinski definition) is 4. The van der Waals surface area contributed by atoms with E-state index in [-0.39, 0.29) is 24.1 Å². The van der Waals surface area contributed by atoms with Crippen LogP contribution in [-0.4, -0.2) is 35.2 Å². The van der Waals surface area contributed by atoms with Gasteiger partial charge in [-0.2, -0.15) is 0 Å². The second-order valence-corrected chi connectivity index (χ2v) is 12.9. The van der Waals surface area contributed by atoms with Gasteiger partial charge in [0.2, 0.25) is 11.8 Å². The Labute approximate surface area is 223 Å². The number of rotatable bonds is 8. The molecule has 6 nitrogen and oxygen atoms in total. The van der Waals surface area contributed by atoms with Gasteiger partial charge in [-0.1, -0.05) is 36.4 Å². The van der Waals surface area contributed by atoms with Gasteiger partial charge in [-0.25, -0.2) is 0 Å². The maximum absolute atomic E-state index is 13.1. The van der Waals surface area contributed by atoms with Crippen LogP contribution in [0, 0.1) is 28.6 Å². The standard InChI is InChI=1S/C32H35N3O3/c36-28-11-10-27(29(37)34-28)35-17-26-21(2-1-3-25(26)30(35)38)9-8-19-4-6-20(7-5-19)16-33-18-31-14-23-12-22-13-24(15-31)32(22,23)31/h1-7,22-24,27,33H,8-18H2,(H,34,36,37). The lowest BCUT2D eigenvalue weighted by Crippen LogP contribution is -2.86. The van der Waals surface area contributed by atoms with Crippen LogP contribution in [0.2, 0.25) is 0 Å². The van der Waals surface area contributed by atoms with Crippen LogP contribution in [0.4, 0.5) is 0 Å². The predicted molar refractivity (Wildman–Crippen MR) is 142 cm³/mol. The van der Waals surface area contributed by atoms with Gasteiger partial charge in [0.05, 0.1) is 0 Å². The lowest BCUT2D eigenvalue weighted by molar-refractivity contribution is -0.429. The highest BCUT2D eigenvalue weighted by Gasteiger charge is 2.87. The summed E-state index contributed by atoms with van der Waals surface area (Å²) in [5.41, 5.74) is 6.97. The summed E-state index contributed by atoms with van der Waals surface area (Å²) in [4.78, 5) is 38.7. The third-order valence-corrected chi connectivity index (χ3v) is 11.5. The predicted octanol–water partition coefficient (Wildman–Crippen LogP) is 3.76. The van der Waals surface area contributed by atoms with Crippen LogP contribution in [0.15, 0.2) is 42.5 Å². The van der Waals surface area contributed by atoms with E-state index in [9.17, 15) is 14.4 Å². The molecule has 0 radical (unpaired) electrons. The van der Waals surface area contributed by atoms with Crippen LogP contribution in [-0.2, 0) is 35.5 Å². The number of carbonyl (C=O) groups is 3. The average molecular weight is 510 g/mol. The molecule has 2 aromatic carbocycles. The van der Waals surface area contributed by atoms with Crippen molar-refractivity contribution in [2.45, 2.75) is 70.5 Å². The fraction of sp³-hybridized carbons (Fsp3) is 0.531. The third kappa shape index (κ3) is 2.95. The maximum Gasteiger partial charge on any atom is 0.255 e. The number of imide groups is 1. The molecule has 0 aromatic heterocycles. The topological polar surface area (TPSA) is 78.5 Å². The Hall–Kier alpha value is -2.99. The zero-order chi connectivity index (χ0) is 25.6. The summed E-state index contributed by atoms with van der Waals surface area (Å²) in [6.07, 6.45) is 8.44. The van der Waals surface area contributed by atoms with Crippen molar-refractivity contribution in [2.24, 2.45) is 28.6 Å². The zero-order valence-electron chi connectivity index (χ0n) is 21.8. The minimum absolute atomic E-state index is 0.104. The molecule has 4 aliphatic carbocycles. The fourth-order valence-electron chi connectivity index (χ4n) is 9.89. The van der Waals surface area contributed by atoms with Gasteiger partial charge in [0.15, 0.2) is 0 Å². The van der Waals surface area contributed by atoms with Crippen LogP contribution in [0.3, 0.4) is 0 Å². The van der Waals surface area contributed by atoms with Crippen LogP contribution in [0.25, 0.3) is 0 Å². The Bertz CT molecular complexity index is 1340. The van der Waals surface area contributed by atoms with Crippen molar-refractivity contribution in [3.05, 3.63) is 70.3 Å². The molecule has 3 amide bonds. The first-order valence-corrected chi connectivity index (χ1v) is 14.5. The number of carbonyl (C=O) groups excluding carboxylic acids is 3. The van der Waals surface area contributed by atoms with E-state index in [1.807, 2.05) is 12.1 Å². The second kappa shape index (κ2) is 8.01. The van der Waals surface area contributed by atoms with Crippen molar-refractivity contribution in [3.63, 3.8) is 0 Å². The van der Waals surface area contributed by atoms with Crippen LogP contribution >= 0.6 is 0 Å². The van der Waals surface area contributed by atoms with Crippen molar-refractivity contribution in [1.82, 2.24) is 15.5 Å². The molecule has 2 heterocycles. The Morgan fingerprint density at radius 2 is 1.68 bits per heavy atom. The van der Waals surface area contributed by atoms with Crippen LogP contribution in [0.1, 0.15) is 71.1 Å². The van der Waals surface area contributed by atoms with E-state index in [0.29, 0.717) is 23.9 Å². The quantitative estimate of drug-likeness (QED) is 0.532. The van der Waals surface area contributed by atoms with Gasteiger partial charge >= 0.3 is 0 Å². The van der Waals surface area contributed by atoms with Gasteiger partial charge in [0.1, 0.15) is 6.04 Å². The van der Waals surface area contributed by atoms with Gasteiger partial charge in [-0.15, -0.1) is 0 Å². The number of piperidine rings is 1. The van der Waals surface area contributed by atoms with Crippen LogP contribution in [0.5, 0.6) is 0 Å². The molecule has 1 spiro atoms. The van der Waals surface area contributed by atoms with Crippen molar-refractivity contribution in [3.8, 4) is 0 Å². The van der Waals surface area contributed by atoms with Crippen molar-refractivity contribution >= 4 is 17.7 Å². The summed E-state index contributed by atoms with van der Waals surface area (Å²) >= 11 is 0. The van der Waals surface area contributed by atoms with E-state index >= 15 is 0 Å². The largest absolute Gasteiger partial charge is 0.322 e. The van der Waals surface area contributed by atoms with Gasteiger partial charge in [-0.3, -0.25) is 19.7 Å². The van der Waals surface area contributed by atoms with E-state index in [1.165, 1.54) is 43.4 Å². The maximum atomic E-state index is 13.1. The fourth-order valence-corrected chi connectivity index (χ4v) is 9.89. The molecular formula is C32H35N3O3. The third-order valence-electron chi connectivity index (χ3n) is 11.5. The Morgan fingerprint density at radius 3 is 2.39 bits per heavy atom. The van der Waals surface area contributed by atoms with Gasteiger partial charge in [0.25, 0.3) is 5.91 Å². The van der Waals surface area contributed by atoms with E-state index in [4.69, 9.17) is 0 Å². The zero-order valence-corrected chi connectivity index (χ0v) is 21.8. The summed E-state index contributed by atoms with van der Waals surface area (Å²) in [5, 5.41) is 6.19. The first-order valence-electron chi connectivity index (χ1n) is 14.5. The van der Waals surface area contributed by atoms with Crippen LogP contribution < -0.4 is 10.6 Å². The molecule has 1 saturated heterocycles. The Kier molecular flexibility index (Phi) is 4.84. The number of benzene rings is 2. The number of hydrogen-bond donors (Lipinski definition) is 2. The molecule has 0 bridgehead atoms. The van der Waals surface area contributed by atoms with E-state index in [1.54, 1.807) is 4.90 Å². The number of nitrogens with one attached hydrogen (secondary N) is 2. The minimum atomic E-state index is -0.568. The highest BCUT2D eigenvalue weighted by atomic mass is 16.2. The smallest absolute Gasteiger partial charge is 0.255 e. The SMILES string of the molecule is O=C1CCC(N2Cc3c(CCc4ccc(CNCC56CC7CC8CC(C5)C876)cc4)cccc3C2=O)C(=O)N1. The van der Waals surface area contributed by atoms with E-state index in [2.05, 4.69) is 41.0 Å². The second-order valence-electron chi connectivity index (χ2n) is 12.9. The molecule has 4 saturated carbocycles. The molecule has 3 atom stereocenters. The molecule has 3 unspecified atom stereocenters. The summed E-state index contributed by atoms with van der Waals surface area (Å²) in [5.74, 6) is 2.50. The van der Waals surface area contributed by atoms with Gasteiger partial charge in [0, 0.05) is 31.6 Å². The Balaban J connectivity index is 0.872. The molecule has 8 rings (SSSR count). The lowest BCUT2D eigenvalue weighted by Gasteiger charge is -2.91. The van der Waals surface area contributed by atoms with E-state index in [0.717, 1.165) is 53.7 Å². The molecule has 2 N–H and O–H groups in total. The first kappa shape index (κ1) is 22.9. The molecule has 6 heteroatoms. The number of fused-ring (bicyclic) bond motifs is 1. The molecule has 2 aromatic rings. The number of amides is 3. The summed E-state index contributed by atoms with van der Waals surface area (Å²) in [7, 11) is 0. The van der Waals surface area contributed by atoms with E-state index < -0.39 is 6.04 Å². The molecule has 6 aliphatic rings. The lowest BCUT2D eigenvalue weighted by atomic mass is 9.13. The van der Waals surface area contributed by atoms with Crippen molar-refractivity contribution in [2.75, 3.05) is 6.54 Å². The first-order chi connectivity index (χ1) is 18.5. The van der Waals surface area contributed by atoms with Gasteiger partial charge < -0.3 is 10.2 Å². The summed E-state index contributed by atoms with van der Waals surface area (Å²) in [6.45, 7) is 2.58. The number of nitrogens with zero attached hydrogens (tertiary/aromatic N) is 1. The molecule has 2 aliphatic heterocycles.